The van der Waals surface area contributed by atoms with Gasteiger partial charge in [0.25, 0.3) is 0 Å². The SMILES string of the molecule is CC(I)(C(=O)Oc1c2c3oc1cc3CO2)C12NI1N2. The van der Waals surface area contributed by atoms with Crippen LogP contribution in [0.3, 0.4) is 0 Å². The molecule has 2 N–H and O–H groups in total. The van der Waals surface area contributed by atoms with Crippen molar-refractivity contribution in [2.24, 2.45) is 0 Å². The Balaban J connectivity index is 1.49. The standard InChI is InChI=1S/C11H8I2N2O4/c1-10(12,11-13(14-11)15-11)9(16)19-7-5-2-4-3-17-8(7)6(4)18-5/h2,14-15H,3H2,1H3. The summed E-state index contributed by atoms with van der Waals surface area (Å²) in [5.74, 6) is 0.748. The maximum atomic E-state index is 12.4. The number of esters is 1. The number of alkyl halides is 2. The van der Waals surface area contributed by atoms with Crippen LogP contribution < -0.4 is 16.5 Å². The Labute approximate surface area is 129 Å². The molecule has 0 aliphatic carbocycles. The third kappa shape index (κ3) is 1.22. The van der Waals surface area contributed by atoms with Crippen LogP contribution >= 0.6 is 43.0 Å². The third-order valence-corrected chi connectivity index (χ3v) is 10.8. The van der Waals surface area contributed by atoms with Crippen molar-refractivity contribution in [3.63, 3.8) is 0 Å². The van der Waals surface area contributed by atoms with Crippen molar-refractivity contribution in [1.82, 2.24) is 7.06 Å². The van der Waals surface area contributed by atoms with Crippen molar-refractivity contribution in [1.29, 1.82) is 0 Å². The summed E-state index contributed by atoms with van der Waals surface area (Å²) in [7, 11) is 0. The summed E-state index contributed by atoms with van der Waals surface area (Å²) >= 11 is 0.974. The van der Waals surface area contributed by atoms with Gasteiger partial charge < -0.3 is 0 Å². The number of hydrogen-bond acceptors (Lipinski definition) is 6. The molecule has 1 unspecified atom stereocenters. The van der Waals surface area contributed by atoms with E-state index < -0.39 is 23.8 Å². The first-order valence-electron chi connectivity index (χ1n) is 5.70. The van der Waals surface area contributed by atoms with Gasteiger partial charge in [0, 0.05) is 0 Å². The first-order chi connectivity index (χ1) is 9.03. The van der Waals surface area contributed by atoms with E-state index in [4.69, 9.17) is 13.9 Å². The van der Waals surface area contributed by atoms with Gasteiger partial charge in [-0.25, -0.2) is 0 Å². The van der Waals surface area contributed by atoms with E-state index >= 15 is 0 Å². The number of carbonyl (C=O) groups excluding carboxylic acids is 1. The van der Waals surface area contributed by atoms with Crippen LogP contribution in [0.5, 0.6) is 11.5 Å². The number of halogens is 2. The second-order valence-corrected chi connectivity index (χ2v) is 11.4. The van der Waals surface area contributed by atoms with E-state index in [9.17, 15) is 4.79 Å². The summed E-state index contributed by atoms with van der Waals surface area (Å²) in [6.45, 7) is 2.40. The Bertz CT molecular complexity index is 734. The number of carbonyl (C=O) groups is 1. The van der Waals surface area contributed by atoms with Crippen LogP contribution in [0.15, 0.2) is 10.5 Å². The van der Waals surface area contributed by atoms with E-state index in [2.05, 4.69) is 29.7 Å². The van der Waals surface area contributed by atoms with Crippen molar-refractivity contribution >= 4 is 60.1 Å². The molecule has 2 aromatic rings. The van der Waals surface area contributed by atoms with E-state index in [1.807, 2.05) is 13.0 Å². The molecule has 3 aliphatic heterocycles. The van der Waals surface area contributed by atoms with Gasteiger partial charge in [0.1, 0.15) is 0 Å². The zero-order chi connectivity index (χ0) is 13.0. The molecule has 19 heavy (non-hydrogen) atoms. The molecular weight excluding hydrogens is 478 g/mol. The topological polar surface area (TPSA) is 92.5 Å². The van der Waals surface area contributed by atoms with Crippen LogP contribution in [0, 0.1) is 0 Å². The quantitative estimate of drug-likeness (QED) is 0.131. The second kappa shape index (κ2) is 3.12. The molecule has 6 nitrogen and oxygen atoms in total. The average Bonchev–Trinajstić information content (AvgIpc) is 3.07. The molecule has 0 amide bonds. The number of nitrogens with one attached hydrogen (secondary N) is 2. The van der Waals surface area contributed by atoms with Gasteiger partial charge >= 0.3 is 130 Å². The molecule has 2 fully saturated rings. The fourth-order valence-corrected chi connectivity index (χ4v) is 10.1. The van der Waals surface area contributed by atoms with Crippen molar-refractivity contribution in [3.8, 4) is 11.5 Å². The second-order valence-electron chi connectivity index (χ2n) is 4.94. The molecule has 0 radical (unpaired) electrons. The number of ether oxygens (including phenoxy) is 2. The van der Waals surface area contributed by atoms with Gasteiger partial charge in [-0.05, 0) is 0 Å². The molecule has 8 heteroatoms. The molecule has 3 aliphatic rings. The number of rotatable bonds is 3. The summed E-state index contributed by atoms with van der Waals surface area (Å²) in [4.78, 5) is 12.4. The Morgan fingerprint density at radius 1 is 1.63 bits per heavy atom. The van der Waals surface area contributed by atoms with Gasteiger partial charge in [-0.1, -0.05) is 0 Å². The molecule has 0 saturated carbocycles. The summed E-state index contributed by atoms with van der Waals surface area (Å²) in [5, 5.41) is 0. The van der Waals surface area contributed by atoms with E-state index in [0.29, 0.717) is 29.3 Å². The van der Waals surface area contributed by atoms with E-state index in [1.54, 1.807) is 0 Å². The summed E-state index contributed by atoms with van der Waals surface area (Å²) in [6.07, 6.45) is 0. The summed E-state index contributed by atoms with van der Waals surface area (Å²) in [5.41, 5.74) is 2.34. The van der Waals surface area contributed by atoms with Crippen molar-refractivity contribution in [3.05, 3.63) is 11.6 Å². The normalized spacial score (nSPS) is 25.9. The Kier molecular flexibility index (Phi) is 1.86. The van der Waals surface area contributed by atoms with Gasteiger partial charge in [0.15, 0.2) is 0 Å². The van der Waals surface area contributed by atoms with E-state index in [1.165, 1.54) is 0 Å². The van der Waals surface area contributed by atoms with Crippen molar-refractivity contribution < 1.29 is 18.7 Å². The monoisotopic (exact) mass is 486 g/mol. The van der Waals surface area contributed by atoms with Crippen LogP contribution in [-0.2, 0) is 11.4 Å². The van der Waals surface area contributed by atoms with Crippen molar-refractivity contribution in [2.75, 3.05) is 0 Å². The van der Waals surface area contributed by atoms with Gasteiger partial charge in [0.2, 0.25) is 0 Å². The van der Waals surface area contributed by atoms with Gasteiger partial charge in [-0.3, -0.25) is 0 Å². The Hall–Kier alpha value is -0.330. The average molecular weight is 486 g/mol. The minimum atomic E-state index is -1.19. The molecule has 0 spiro atoms. The molecule has 100 valence electrons. The predicted octanol–water partition coefficient (Wildman–Crippen LogP) is 2.06. The van der Waals surface area contributed by atoms with Crippen LogP contribution in [0.25, 0.3) is 11.2 Å². The molecule has 2 aromatic heterocycles. The first kappa shape index (κ1) is 11.3. The molecular formula is C11H8I2N2O4. The zero-order valence-electron chi connectivity index (χ0n) is 9.67. The number of benzene rings is 1. The number of fused-ring (bicyclic) bond motifs is 2. The molecule has 0 aromatic carbocycles. The zero-order valence-corrected chi connectivity index (χ0v) is 14.0. The first-order valence-corrected chi connectivity index (χ1v) is 10.0. The van der Waals surface area contributed by atoms with Gasteiger partial charge in [-0.15, -0.1) is 0 Å². The maximum absolute atomic E-state index is 12.4. The van der Waals surface area contributed by atoms with Crippen LogP contribution in [-0.4, -0.2) is 13.1 Å². The van der Waals surface area contributed by atoms with Crippen LogP contribution in [0.2, 0.25) is 0 Å². The van der Waals surface area contributed by atoms with Gasteiger partial charge in [-0.2, -0.15) is 0 Å². The third-order valence-electron chi connectivity index (χ3n) is 3.70. The fraction of sp³-hybridized carbons (Fsp3) is 0.364. The molecule has 1 atom stereocenters. The number of hydrogen-bond donors (Lipinski definition) is 2. The predicted molar refractivity (Wildman–Crippen MR) is 82.8 cm³/mol. The minimum absolute atomic E-state index is 0.131. The van der Waals surface area contributed by atoms with Crippen LogP contribution in [0.1, 0.15) is 12.5 Å². The molecule has 2 bridgehead atoms. The molecule has 5 rings (SSSR count). The van der Waals surface area contributed by atoms with E-state index in [0.717, 1.165) is 5.56 Å². The van der Waals surface area contributed by atoms with Crippen molar-refractivity contribution in [2.45, 2.75) is 20.6 Å². The molecule has 2 saturated heterocycles. The van der Waals surface area contributed by atoms with Crippen LogP contribution in [0.4, 0.5) is 0 Å². The summed E-state index contributed by atoms with van der Waals surface area (Å²) < 4.78 is 22.6. The number of furan rings is 2. The van der Waals surface area contributed by atoms with Gasteiger partial charge in [0.05, 0.1) is 0 Å². The fourth-order valence-electron chi connectivity index (χ4n) is 2.34. The van der Waals surface area contributed by atoms with E-state index in [-0.39, 0.29) is 9.64 Å². The summed E-state index contributed by atoms with van der Waals surface area (Å²) in [6, 6.07) is 1.88. The Morgan fingerprint density at radius 3 is 3.05 bits per heavy atom. The Morgan fingerprint density at radius 2 is 2.37 bits per heavy atom. The molecule has 5 heterocycles.